The third kappa shape index (κ3) is 14.4. The Balaban J connectivity index is 0.000000641. The van der Waals surface area contributed by atoms with Crippen LogP contribution in [0.1, 0.15) is 50.7 Å². The summed E-state index contributed by atoms with van der Waals surface area (Å²) in [5.74, 6) is -7.75. The number of rotatable bonds is 17. The summed E-state index contributed by atoms with van der Waals surface area (Å²) in [6.45, 7) is 6.98. The smallest absolute Gasteiger partial charge is 0.458 e. The molecule has 1 aliphatic heterocycles. The van der Waals surface area contributed by atoms with Crippen molar-refractivity contribution in [2.45, 2.75) is 70.8 Å². The molecule has 0 saturated heterocycles. The normalized spacial score (nSPS) is 13.3. The minimum Gasteiger partial charge on any atom is -0.506 e. The first-order valence-corrected chi connectivity index (χ1v) is 16.0. The fourth-order valence-electron chi connectivity index (χ4n) is 4.91. The number of unbranched alkanes of at least 4 members (excludes halogenated alkanes) is 1. The number of phenols is 1. The Labute approximate surface area is 288 Å². The van der Waals surface area contributed by atoms with Crippen LogP contribution in [-0.4, -0.2) is 91.1 Å². The fourth-order valence-corrected chi connectivity index (χ4v) is 4.91. The zero-order valence-corrected chi connectivity index (χ0v) is 27.9. The highest BCUT2D eigenvalue weighted by molar-refractivity contribution is 6.41. The number of halogens is 8. The molecular weight excluding hydrogens is 700 g/mol. The number of amides is 2. The van der Waals surface area contributed by atoms with Gasteiger partial charge in [-0.15, -0.1) is 0 Å². The van der Waals surface area contributed by atoms with E-state index >= 15 is 0 Å². The number of nitrogens with zero attached hydrogens (tertiary/aromatic N) is 1. The van der Waals surface area contributed by atoms with Gasteiger partial charge in [-0.3, -0.25) is 19.2 Å². The van der Waals surface area contributed by atoms with Crippen LogP contribution in [0.4, 0.5) is 40.8 Å². The average Bonchev–Trinajstić information content (AvgIpc) is 3.04. The van der Waals surface area contributed by atoms with E-state index in [9.17, 15) is 59.4 Å². The fraction of sp³-hybridized carbons (Fsp3) is 0.515. The van der Waals surface area contributed by atoms with Crippen molar-refractivity contribution < 1.29 is 64.1 Å². The van der Waals surface area contributed by atoms with Crippen LogP contribution >= 0.6 is 0 Å². The molecule has 1 aliphatic rings. The number of phenolic OH excluding ortho intramolecular Hbond substituents is 1. The summed E-state index contributed by atoms with van der Waals surface area (Å²) in [4.78, 5) is 45.8. The second-order valence-electron chi connectivity index (χ2n) is 11.5. The van der Waals surface area contributed by atoms with Crippen LogP contribution in [0.3, 0.4) is 0 Å². The van der Waals surface area contributed by atoms with Crippen LogP contribution in [0.2, 0.25) is 0 Å². The number of aromatic hydroxyl groups is 1. The van der Waals surface area contributed by atoms with Crippen molar-refractivity contribution in [1.82, 2.24) is 15.5 Å². The number of carbonyl (C=O) groups is 4. The number of fused-ring (bicyclic) bond motifs is 1. The molecule has 0 unspecified atom stereocenters. The molecular formula is C33H40F8N4O6. The monoisotopic (exact) mass is 740 g/mol. The Hall–Kier alpha value is -4.32. The predicted molar refractivity (Wildman–Crippen MR) is 169 cm³/mol. The maximum atomic E-state index is 13.3. The predicted octanol–water partition coefficient (Wildman–Crippen LogP) is 5.01. The van der Waals surface area contributed by atoms with Gasteiger partial charge < -0.3 is 30.7 Å². The van der Waals surface area contributed by atoms with Gasteiger partial charge in [0, 0.05) is 38.2 Å². The molecule has 2 aromatic rings. The van der Waals surface area contributed by atoms with E-state index in [-0.39, 0.29) is 30.2 Å². The van der Waals surface area contributed by atoms with E-state index in [4.69, 9.17) is 4.74 Å². The molecule has 0 aromatic heterocycles. The molecule has 2 amide bonds. The Bertz CT molecular complexity index is 1460. The van der Waals surface area contributed by atoms with Gasteiger partial charge in [-0.25, -0.2) is 8.78 Å². The third-order valence-electron chi connectivity index (χ3n) is 7.51. The van der Waals surface area contributed by atoms with Gasteiger partial charge in [-0.05, 0) is 68.6 Å². The summed E-state index contributed by atoms with van der Waals surface area (Å²) < 4.78 is 99.2. The molecule has 0 saturated carbocycles. The molecule has 1 atom stereocenters. The molecule has 284 valence electrons. The SMILES string of the molecule is CCCC[C@@H](C)N(CCNCCc1ccc(O)c2c1OCC(=O)N2)C(=O)CCNCCc1cc(F)cc(F)c1.O=C(C(=O)C(F)(F)F)C(F)(F)F. The molecule has 51 heavy (non-hydrogen) atoms. The number of alkyl halides is 6. The highest BCUT2D eigenvalue weighted by atomic mass is 19.4. The number of hydrogen-bond donors (Lipinski definition) is 4. The number of Topliss-reactive ketones (excluding diaryl/α,β-unsaturated/α-hetero) is 2. The van der Waals surface area contributed by atoms with Gasteiger partial charge in [0.1, 0.15) is 23.1 Å². The van der Waals surface area contributed by atoms with Crippen molar-refractivity contribution in [1.29, 1.82) is 0 Å². The van der Waals surface area contributed by atoms with Crippen molar-refractivity contribution >= 4 is 29.1 Å². The highest BCUT2D eigenvalue weighted by Gasteiger charge is 2.54. The standard InChI is InChI=1S/C29H40F2N4O4.C4F6O2/c1-3-4-5-20(2)35(27(38)10-13-32-11-8-21-16-23(30)18-24(31)17-21)15-14-33-12-9-22-6-7-25(36)28-29(22)39-19-26(37)34-28;5-3(6,7)1(11)2(12)4(8,9)10/h6-7,16-18,20,32-33,36H,3-5,8-15,19H2,1-2H3,(H,34,37);/t20-;/m1./s1. The second-order valence-corrected chi connectivity index (χ2v) is 11.5. The van der Waals surface area contributed by atoms with Crippen LogP contribution in [0.5, 0.6) is 11.5 Å². The van der Waals surface area contributed by atoms with E-state index in [0.29, 0.717) is 69.0 Å². The number of ether oxygens (including phenoxy) is 1. The van der Waals surface area contributed by atoms with Gasteiger partial charge in [-0.1, -0.05) is 25.8 Å². The van der Waals surface area contributed by atoms with Crippen molar-refractivity contribution in [3.05, 3.63) is 53.1 Å². The summed E-state index contributed by atoms with van der Waals surface area (Å²) >= 11 is 0. The van der Waals surface area contributed by atoms with Crippen LogP contribution in [-0.2, 0) is 32.0 Å². The molecule has 0 fully saturated rings. The lowest BCUT2D eigenvalue weighted by atomic mass is 10.1. The molecule has 18 heteroatoms. The summed E-state index contributed by atoms with van der Waals surface area (Å²) in [7, 11) is 0. The number of anilines is 1. The molecule has 3 rings (SSSR count). The largest absolute Gasteiger partial charge is 0.506 e. The van der Waals surface area contributed by atoms with E-state index in [0.717, 1.165) is 30.9 Å². The van der Waals surface area contributed by atoms with E-state index in [1.54, 1.807) is 12.1 Å². The van der Waals surface area contributed by atoms with Crippen molar-refractivity contribution in [2.24, 2.45) is 0 Å². The Morgan fingerprint density at radius 3 is 2.10 bits per heavy atom. The van der Waals surface area contributed by atoms with E-state index in [1.807, 2.05) is 4.90 Å². The lowest BCUT2D eigenvalue weighted by molar-refractivity contribution is -0.193. The maximum Gasteiger partial charge on any atom is 0.458 e. The van der Waals surface area contributed by atoms with Crippen molar-refractivity contribution in [3.63, 3.8) is 0 Å². The van der Waals surface area contributed by atoms with Crippen LogP contribution in [0.25, 0.3) is 0 Å². The molecule has 0 aliphatic carbocycles. The Morgan fingerprint density at radius 1 is 0.922 bits per heavy atom. The minimum absolute atomic E-state index is 0.0256. The first-order chi connectivity index (χ1) is 23.8. The molecule has 1 heterocycles. The zero-order chi connectivity index (χ0) is 38.4. The Kier molecular flexibility index (Phi) is 16.7. The molecule has 2 aromatic carbocycles. The van der Waals surface area contributed by atoms with Gasteiger partial charge in [0.15, 0.2) is 12.4 Å². The zero-order valence-electron chi connectivity index (χ0n) is 27.9. The number of benzene rings is 2. The van der Waals surface area contributed by atoms with Gasteiger partial charge in [0.25, 0.3) is 5.91 Å². The van der Waals surface area contributed by atoms with Gasteiger partial charge in [0.05, 0.1) is 0 Å². The van der Waals surface area contributed by atoms with Crippen LogP contribution in [0, 0.1) is 11.6 Å². The lowest BCUT2D eigenvalue weighted by Crippen LogP contribution is -2.43. The summed E-state index contributed by atoms with van der Waals surface area (Å²) in [5, 5.41) is 19.3. The molecule has 4 N–H and O–H groups in total. The third-order valence-corrected chi connectivity index (χ3v) is 7.51. The van der Waals surface area contributed by atoms with Crippen molar-refractivity contribution in [2.75, 3.05) is 44.6 Å². The number of ketones is 2. The summed E-state index contributed by atoms with van der Waals surface area (Å²) in [5.41, 5.74) is 1.77. The number of carbonyl (C=O) groups excluding carboxylic acids is 4. The van der Waals surface area contributed by atoms with Crippen molar-refractivity contribution in [3.8, 4) is 11.5 Å². The first kappa shape index (κ1) is 42.8. The molecule has 0 bridgehead atoms. The average molecular weight is 741 g/mol. The van der Waals surface area contributed by atoms with Crippen LogP contribution < -0.4 is 20.7 Å². The number of hydrogen-bond acceptors (Lipinski definition) is 8. The minimum atomic E-state index is -5.77. The van der Waals surface area contributed by atoms with Gasteiger partial charge in [0.2, 0.25) is 5.91 Å². The highest BCUT2D eigenvalue weighted by Crippen LogP contribution is 2.39. The maximum absolute atomic E-state index is 13.3. The van der Waals surface area contributed by atoms with E-state index in [1.165, 1.54) is 12.1 Å². The van der Waals surface area contributed by atoms with Gasteiger partial charge in [-0.2, -0.15) is 26.3 Å². The Morgan fingerprint density at radius 2 is 1.51 bits per heavy atom. The van der Waals surface area contributed by atoms with E-state index < -0.39 is 35.6 Å². The topological polar surface area (TPSA) is 137 Å². The summed E-state index contributed by atoms with van der Waals surface area (Å²) in [6, 6.07) is 6.95. The second kappa shape index (κ2) is 19.9. The first-order valence-electron chi connectivity index (χ1n) is 16.0. The summed E-state index contributed by atoms with van der Waals surface area (Å²) in [6.07, 6.45) is -7.04. The molecule has 10 nitrogen and oxygen atoms in total. The lowest BCUT2D eigenvalue weighted by Gasteiger charge is -2.30. The quantitative estimate of drug-likeness (QED) is 0.0770. The molecule has 0 radical (unpaired) electrons. The molecule has 0 spiro atoms. The van der Waals surface area contributed by atoms with Gasteiger partial charge >= 0.3 is 23.9 Å². The van der Waals surface area contributed by atoms with Crippen LogP contribution in [0.15, 0.2) is 30.3 Å². The van der Waals surface area contributed by atoms with E-state index in [2.05, 4.69) is 29.8 Å². The number of nitrogens with one attached hydrogen (secondary N) is 3.